The number of ether oxygens (including phenoxy) is 1. The zero-order chi connectivity index (χ0) is 18.8. The van der Waals surface area contributed by atoms with Crippen LogP contribution in [-0.2, 0) is 4.74 Å². The van der Waals surface area contributed by atoms with Crippen LogP contribution in [0.1, 0.15) is 35.9 Å². The Morgan fingerprint density at radius 1 is 1.26 bits per heavy atom. The van der Waals surface area contributed by atoms with Gasteiger partial charge in [0.05, 0.1) is 19.3 Å². The normalized spacial score (nSPS) is 18.4. The third-order valence-electron chi connectivity index (χ3n) is 5.04. The van der Waals surface area contributed by atoms with Crippen molar-refractivity contribution >= 4 is 17.2 Å². The molecular formula is C21H24N4O2. The molecule has 1 N–H and O–H groups in total. The number of benzene rings is 1. The summed E-state index contributed by atoms with van der Waals surface area (Å²) in [7, 11) is 0. The monoisotopic (exact) mass is 364 g/mol. The van der Waals surface area contributed by atoms with Crippen LogP contribution in [0, 0.1) is 0 Å². The minimum absolute atomic E-state index is 0.0986. The fourth-order valence-corrected chi connectivity index (χ4v) is 3.46. The Morgan fingerprint density at radius 3 is 2.81 bits per heavy atom. The fourth-order valence-electron chi connectivity index (χ4n) is 3.46. The van der Waals surface area contributed by atoms with Gasteiger partial charge in [0.25, 0.3) is 5.91 Å². The Bertz CT molecular complexity index is 902. The molecule has 1 saturated heterocycles. The first kappa shape index (κ1) is 17.5. The molecule has 0 radical (unpaired) electrons. The van der Waals surface area contributed by atoms with Crippen LogP contribution in [0.2, 0.25) is 0 Å². The summed E-state index contributed by atoms with van der Waals surface area (Å²) in [6.07, 6.45) is 3.63. The minimum atomic E-state index is -0.169. The van der Waals surface area contributed by atoms with Gasteiger partial charge >= 0.3 is 0 Å². The number of pyridine rings is 1. The van der Waals surface area contributed by atoms with Crippen LogP contribution in [0.4, 0.5) is 5.69 Å². The van der Waals surface area contributed by atoms with E-state index in [4.69, 9.17) is 4.74 Å². The highest BCUT2D eigenvalue weighted by molar-refractivity contribution is 5.93. The van der Waals surface area contributed by atoms with Gasteiger partial charge in [0, 0.05) is 30.7 Å². The molecule has 0 aliphatic carbocycles. The Kier molecular flexibility index (Phi) is 4.81. The zero-order valence-electron chi connectivity index (χ0n) is 15.6. The minimum Gasteiger partial charge on any atom is -0.377 e. The van der Waals surface area contributed by atoms with Crippen LogP contribution < -0.4 is 10.2 Å². The van der Waals surface area contributed by atoms with Gasteiger partial charge in [-0.1, -0.05) is 18.2 Å². The van der Waals surface area contributed by atoms with E-state index in [-0.39, 0.29) is 11.9 Å². The van der Waals surface area contributed by atoms with Crippen molar-refractivity contribution in [1.29, 1.82) is 0 Å². The van der Waals surface area contributed by atoms with Crippen molar-refractivity contribution in [1.82, 2.24) is 14.7 Å². The molecule has 1 aliphatic heterocycles. The Hall–Kier alpha value is -2.86. The van der Waals surface area contributed by atoms with Crippen LogP contribution in [0.5, 0.6) is 0 Å². The topological polar surface area (TPSA) is 58.9 Å². The maximum absolute atomic E-state index is 12.5. The quantitative estimate of drug-likeness (QED) is 0.773. The molecule has 0 spiro atoms. The van der Waals surface area contributed by atoms with Crippen LogP contribution >= 0.6 is 0 Å². The van der Waals surface area contributed by atoms with Crippen molar-refractivity contribution in [3.8, 4) is 0 Å². The number of hydrogen-bond donors (Lipinski definition) is 1. The van der Waals surface area contributed by atoms with Crippen molar-refractivity contribution in [3.63, 3.8) is 0 Å². The Balaban J connectivity index is 1.44. The molecule has 1 amide bonds. The van der Waals surface area contributed by atoms with Crippen molar-refractivity contribution < 1.29 is 9.53 Å². The summed E-state index contributed by atoms with van der Waals surface area (Å²) >= 11 is 0. The second kappa shape index (κ2) is 7.40. The van der Waals surface area contributed by atoms with Gasteiger partial charge in [0.2, 0.25) is 0 Å². The number of anilines is 1. The summed E-state index contributed by atoms with van der Waals surface area (Å²) in [5.41, 5.74) is 3.44. The highest BCUT2D eigenvalue weighted by atomic mass is 16.5. The summed E-state index contributed by atoms with van der Waals surface area (Å²) in [6, 6.07) is 14.4. The number of hydrogen-bond acceptors (Lipinski definition) is 4. The summed E-state index contributed by atoms with van der Waals surface area (Å²) in [5.74, 6) is -0.169. The standard InChI is InChI=1S/C21H24N4O2/c1-15-14-27-12-11-25(15)18-8-6-17(7-9-18)16(2)22-21(26)19-13-24-10-4-3-5-20(24)23-19/h3-10,13,15-16H,11-12,14H2,1-2H3,(H,22,26)/t15-,16+/m0/s1. The van der Waals surface area contributed by atoms with E-state index in [1.54, 1.807) is 6.20 Å². The molecule has 2 aromatic heterocycles. The number of carbonyl (C=O) groups is 1. The summed E-state index contributed by atoms with van der Waals surface area (Å²) in [6.45, 7) is 6.58. The van der Waals surface area contributed by atoms with Crippen LogP contribution in [0.25, 0.3) is 5.65 Å². The second-order valence-corrected chi connectivity index (χ2v) is 7.00. The molecular weight excluding hydrogens is 340 g/mol. The van der Waals surface area contributed by atoms with E-state index in [0.29, 0.717) is 11.7 Å². The summed E-state index contributed by atoms with van der Waals surface area (Å²) in [4.78, 5) is 19.3. The first-order chi connectivity index (χ1) is 13.1. The number of aromatic nitrogens is 2. The van der Waals surface area contributed by atoms with Gasteiger partial charge in [0.1, 0.15) is 11.3 Å². The number of imidazole rings is 1. The average molecular weight is 364 g/mol. The molecule has 3 aromatic rings. The third-order valence-corrected chi connectivity index (χ3v) is 5.04. The lowest BCUT2D eigenvalue weighted by molar-refractivity contribution is 0.0935. The molecule has 1 aromatic carbocycles. The van der Waals surface area contributed by atoms with Crippen molar-refractivity contribution in [2.24, 2.45) is 0 Å². The van der Waals surface area contributed by atoms with E-state index >= 15 is 0 Å². The van der Waals surface area contributed by atoms with Gasteiger partial charge in [-0.2, -0.15) is 0 Å². The van der Waals surface area contributed by atoms with Gasteiger partial charge in [0.15, 0.2) is 0 Å². The van der Waals surface area contributed by atoms with E-state index in [2.05, 4.69) is 46.4 Å². The van der Waals surface area contributed by atoms with Crippen LogP contribution in [-0.4, -0.2) is 41.1 Å². The predicted octanol–water partition coefficient (Wildman–Crippen LogP) is 3.05. The molecule has 3 heterocycles. The summed E-state index contributed by atoms with van der Waals surface area (Å²) in [5, 5.41) is 3.03. The second-order valence-electron chi connectivity index (χ2n) is 7.00. The van der Waals surface area contributed by atoms with E-state index < -0.39 is 0 Å². The molecule has 2 atom stereocenters. The Labute approximate surface area is 158 Å². The number of amides is 1. The lowest BCUT2D eigenvalue weighted by Crippen LogP contribution is -2.43. The lowest BCUT2D eigenvalue weighted by Gasteiger charge is -2.35. The lowest BCUT2D eigenvalue weighted by atomic mass is 10.1. The fraction of sp³-hybridized carbons (Fsp3) is 0.333. The highest BCUT2D eigenvalue weighted by Crippen LogP contribution is 2.22. The maximum atomic E-state index is 12.5. The molecule has 1 fully saturated rings. The predicted molar refractivity (Wildman–Crippen MR) is 105 cm³/mol. The first-order valence-corrected chi connectivity index (χ1v) is 9.31. The van der Waals surface area contributed by atoms with Gasteiger partial charge in [-0.05, 0) is 43.7 Å². The van der Waals surface area contributed by atoms with Crippen molar-refractivity contribution in [2.75, 3.05) is 24.7 Å². The van der Waals surface area contributed by atoms with Gasteiger partial charge in [-0.3, -0.25) is 4.79 Å². The van der Waals surface area contributed by atoms with Crippen LogP contribution in [0.3, 0.4) is 0 Å². The SMILES string of the molecule is C[C@@H](NC(=O)c1cn2ccccc2n1)c1ccc(N2CCOC[C@@H]2C)cc1. The molecule has 140 valence electrons. The molecule has 6 nitrogen and oxygen atoms in total. The van der Waals surface area contributed by atoms with E-state index in [0.717, 1.165) is 31.0 Å². The third kappa shape index (κ3) is 3.66. The first-order valence-electron chi connectivity index (χ1n) is 9.31. The molecule has 27 heavy (non-hydrogen) atoms. The van der Waals surface area contributed by atoms with Gasteiger partial charge in [-0.15, -0.1) is 0 Å². The summed E-state index contributed by atoms with van der Waals surface area (Å²) < 4.78 is 7.35. The molecule has 4 rings (SSSR count). The zero-order valence-corrected chi connectivity index (χ0v) is 15.6. The van der Waals surface area contributed by atoms with E-state index in [9.17, 15) is 4.79 Å². The number of carbonyl (C=O) groups excluding carboxylic acids is 1. The van der Waals surface area contributed by atoms with Gasteiger partial charge < -0.3 is 19.4 Å². The van der Waals surface area contributed by atoms with E-state index in [1.165, 1.54) is 5.69 Å². The van der Waals surface area contributed by atoms with Crippen LogP contribution in [0.15, 0.2) is 54.9 Å². The number of morpholine rings is 1. The molecule has 6 heteroatoms. The number of rotatable bonds is 4. The smallest absolute Gasteiger partial charge is 0.271 e. The van der Waals surface area contributed by atoms with Gasteiger partial charge in [-0.25, -0.2) is 4.98 Å². The number of nitrogens with zero attached hydrogens (tertiary/aromatic N) is 3. The number of fused-ring (bicyclic) bond motifs is 1. The van der Waals surface area contributed by atoms with E-state index in [1.807, 2.05) is 35.7 Å². The number of nitrogens with one attached hydrogen (secondary N) is 1. The Morgan fingerprint density at radius 2 is 2.07 bits per heavy atom. The molecule has 0 saturated carbocycles. The van der Waals surface area contributed by atoms with Crippen molar-refractivity contribution in [3.05, 3.63) is 66.1 Å². The molecule has 0 bridgehead atoms. The maximum Gasteiger partial charge on any atom is 0.271 e. The van der Waals surface area contributed by atoms with Crippen molar-refractivity contribution in [2.45, 2.75) is 25.9 Å². The highest BCUT2D eigenvalue weighted by Gasteiger charge is 2.19. The molecule has 0 unspecified atom stereocenters. The average Bonchev–Trinajstić information content (AvgIpc) is 3.13. The largest absolute Gasteiger partial charge is 0.377 e. The molecule has 1 aliphatic rings.